The lowest BCUT2D eigenvalue weighted by Crippen LogP contribution is -2.32. The average molecular weight is 332 g/mol. The topological polar surface area (TPSA) is 40.5 Å². The third-order valence-electron chi connectivity index (χ3n) is 2.95. The van der Waals surface area contributed by atoms with Crippen LogP contribution < -0.4 is 0 Å². The standard InChI is InChI=1S/C14H19BrFNO2/c1-10(2)17(7-3-4-14(18)19)9-11-5-6-12(15)8-13(11)16/h5-6,8,10H,3-4,7,9H2,1-2H3,(H,18,19). The molecule has 0 saturated carbocycles. The number of carboxylic acid groups (broad SMARTS) is 1. The molecule has 1 aromatic carbocycles. The lowest BCUT2D eigenvalue weighted by Gasteiger charge is -2.26. The lowest BCUT2D eigenvalue weighted by molar-refractivity contribution is -0.137. The molecule has 0 amide bonds. The van der Waals surface area contributed by atoms with E-state index in [1.54, 1.807) is 6.07 Å². The summed E-state index contributed by atoms with van der Waals surface area (Å²) in [7, 11) is 0. The van der Waals surface area contributed by atoms with Crippen LogP contribution in [-0.4, -0.2) is 28.6 Å². The molecule has 1 rings (SSSR count). The zero-order chi connectivity index (χ0) is 14.4. The van der Waals surface area contributed by atoms with Crippen molar-refractivity contribution >= 4 is 21.9 Å². The molecular weight excluding hydrogens is 313 g/mol. The van der Waals surface area contributed by atoms with Gasteiger partial charge in [0.15, 0.2) is 0 Å². The van der Waals surface area contributed by atoms with Crippen LogP contribution in [0.25, 0.3) is 0 Å². The van der Waals surface area contributed by atoms with Crippen molar-refractivity contribution in [2.24, 2.45) is 0 Å². The molecule has 0 atom stereocenters. The summed E-state index contributed by atoms with van der Waals surface area (Å²) < 4.78 is 14.5. The van der Waals surface area contributed by atoms with Crippen molar-refractivity contribution < 1.29 is 14.3 Å². The van der Waals surface area contributed by atoms with Crippen LogP contribution in [0.1, 0.15) is 32.3 Å². The van der Waals surface area contributed by atoms with Crippen LogP contribution in [0, 0.1) is 5.82 Å². The highest BCUT2D eigenvalue weighted by molar-refractivity contribution is 9.10. The minimum atomic E-state index is -0.793. The third kappa shape index (κ3) is 5.70. The number of rotatable bonds is 7. The molecule has 0 bridgehead atoms. The van der Waals surface area contributed by atoms with Crippen molar-refractivity contribution in [2.75, 3.05) is 6.54 Å². The first-order valence-corrected chi connectivity index (χ1v) is 7.09. The van der Waals surface area contributed by atoms with E-state index in [-0.39, 0.29) is 18.3 Å². The summed E-state index contributed by atoms with van der Waals surface area (Å²) in [6.07, 6.45) is 0.720. The molecule has 19 heavy (non-hydrogen) atoms. The first-order valence-electron chi connectivity index (χ1n) is 6.30. The van der Waals surface area contributed by atoms with Gasteiger partial charge in [-0.05, 0) is 38.9 Å². The average Bonchev–Trinajstić information content (AvgIpc) is 2.30. The monoisotopic (exact) mass is 331 g/mol. The van der Waals surface area contributed by atoms with E-state index in [2.05, 4.69) is 20.8 Å². The highest BCUT2D eigenvalue weighted by atomic mass is 79.9. The van der Waals surface area contributed by atoms with Crippen LogP contribution in [0.15, 0.2) is 22.7 Å². The summed E-state index contributed by atoms with van der Waals surface area (Å²) in [5.74, 6) is -1.03. The molecule has 0 heterocycles. The summed E-state index contributed by atoms with van der Waals surface area (Å²) in [5.41, 5.74) is 0.632. The minimum Gasteiger partial charge on any atom is -0.481 e. The number of hydrogen-bond acceptors (Lipinski definition) is 2. The second-order valence-electron chi connectivity index (χ2n) is 4.80. The largest absolute Gasteiger partial charge is 0.481 e. The summed E-state index contributed by atoms with van der Waals surface area (Å²) in [5, 5.41) is 8.65. The predicted molar refractivity (Wildman–Crippen MR) is 76.5 cm³/mol. The minimum absolute atomic E-state index is 0.145. The normalized spacial score (nSPS) is 11.3. The van der Waals surface area contributed by atoms with Gasteiger partial charge in [0.05, 0.1) is 0 Å². The zero-order valence-electron chi connectivity index (χ0n) is 11.2. The highest BCUT2D eigenvalue weighted by Gasteiger charge is 2.13. The summed E-state index contributed by atoms with van der Waals surface area (Å²) in [6.45, 7) is 5.20. The van der Waals surface area contributed by atoms with Gasteiger partial charge >= 0.3 is 5.97 Å². The van der Waals surface area contributed by atoms with Gasteiger partial charge in [0.25, 0.3) is 0 Å². The number of hydrogen-bond donors (Lipinski definition) is 1. The Bertz CT molecular complexity index is 437. The maximum atomic E-state index is 13.8. The van der Waals surface area contributed by atoms with Gasteiger partial charge < -0.3 is 5.11 Å². The number of carbonyl (C=O) groups is 1. The Morgan fingerprint density at radius 1 is 1.47 bits per heavy atom. The fourth-order valence-corrected chi connectivity index (χ4v) is 2.16. The molecule has 0 aliphatic heterocycles. The van der Waals surface area contributed by atoms with Crippen LogP contribution in [-0.2, 0) is 11.3 Å². The molecule has 0 fully saturated rings. The molecule has 3 nitrogen and oxygen atoms in total. The Kier molecular flexibility index (Phi) is 6.45. The van der Waals surface area contributed by atoms with Gasteiger partial charge in [-0.25, -0.2) is 4.39 Å². The van der Waals surface area contributed by atoms with E-state index in [1.807, 2.05) is 19.9 Å². The van der Waals surface area contributed by atoms with Crippen molar-refractivity contribution in [3.8, 4) is 0 Å². The van der Waals surface area contributed by atoms with Crippen molar-refractivity contribution in [3.05, 3.63) is 34.1 Å². The van der Waals surface area contributed by atoms with Gasteiger partial charge in [-0.2, -0.15) is 0 Å². The fraction of sp³-hybridized carbons (Fsp3) is 0.500. The van der Waals surface area contributed by atoms with E-state index in [1.165, 1.54) is 6.07 Å². The van der Waals surface area contributed by atoms with E-state index in [0.717, 1.165) is 4.47 Å². The molecule has 1 N–H and O–H groups in total. The summed E-state index contributed by atoms with van der Waals surface area (Å²) in [4.78, 5) is 12.6. The Morgan fingerprint density at radius 2 is 2.16 bits per heavy atom. The van der Waals surface area contributed by atoms with E-state index >= 15 is 0 Å². The Morgan fingerprint density at radius 3 is 2.68 bits per heavy atom. The van der Waals surface area contributed by atoms with Gasteiger partial charge in [-0.3, -0.25) is 9.69 Å². The maximum absolute atomic E-state index is 13.8. The molecule has 5 heteroatoms. The van der Waals surface area contributed by atoms with Crippen LogP contribution >= 0.6 is 15.9 Å². The van der Waals surface area contributed by atoms with E-state index in [0.29, 0.717) is 25.1 Å². The molecule has 0 aliphatic carbocycles. The predicted octanol–water partition coefficient (Wildman–Crippen LogP) is 3.66. The molecule has 106 valence electrons. The lowest BCUT2D eigenvalue weighted by atomic mass is 10.1. The maximum Gasteiger partial charge on any atom is 0.303 e. The van der Waals surface area contributed by atoms with Gasteiger partial charge in [0.1, 0.15) is 5.82 Å². The number of aliphatic carboxylic acids is 1. The first-order chi connectivity index (χ1) is 8.90. The first kappa shape index (κ1) is 16.1. The van der Waals surface area contributed by atoms with E-state index in [9.17, 15) is 9.18 Å². The van der Waals surface area contributed by atoms with Crippen LogP contribution in [0.4, 0.5) is 4.39 Å². The Labute approximate surface area is 121 Å². The molecule has 0 aliphatic rings. The fourth-order valence-electron chi connectivity index (χ4n) is 1.82. The van der Waals surface area contributed by atoms with Gasteiger partial charge in [-0.1, -0.05) is 22.0 Å². The molecule has 0 aromatic heterocycles. The molecular formula is C14H19BrFNO2. The van der Waals surface area contributed by atoms with Crippen LogP contribution in [0.5, 0.6) is 0 Å². The highest BCUT2D eigenvalue weighted by Crippen LogP contribution is 2.18. The number of carboxylic acids is 1. The van der Waals surface area contributed by atoms with E-state index in [4.69, 9.17) is 5.11 Å². The van der Waals surface area contributed by atoms with Gasteiger partial charge in [0.2, 0.25) is 0 Å². The van der Waals surface area contributed by atoms with E-state index < -0.39 is 5.97 Å². The quantitative estimate of drug-likeness (QED) is 0.828. The van der Waals surface area contributed by atoms with Gasteiger partial charge in [0, 0.05) is 29.0 Å². The van der Waals surface area contributed by atoms with Crippen LogP contribution in [0.3, 0.4) is 0 Å². The summed E-state index contributed by atoms with van der Waals surface area (Å²) >= 11 is 3.23. The molecule has 0 spiro atoms. The number of benzene rings is 1. The van der Waals surface area contributed by atoms with Crippen LogP contribution in [0.2, 0.25) is 0 Å². The van der Waals surface area contributed by atoms with Crippen molar-refractivity contribution in [1.82, 2.24) is 4.90 Å². The summed E-state index contributed by atoms with van der Waals surface area (Å²) in [6, 6.07) is 5.27. The zero-order valence-corrected chi connectivity index (χ0v) is 12.8. The van der Waals surface area contributed by atoms with Crippen molar-refractivity contribution in [3.63, 3.8) is 0 Å². The SMILES string of the molecule is CC(C)N(CCCC(=O)O)Cc1ccc(Br)cc1F. The smallest absolute Gasteiger partial charge is 0.303 e. The second-order valence-corrected chi connectivity index (χ2v) is 5.71. The molecule has 0 saturated heterocycles. The van der Waals surface area contributed by atoms with Crippen molar-refractivity contribution in [2.45, 2.75) is 39.3 Å². The Hall–Kier alpha value is -0.940. The molecule has 0 radical (unpaired) electrons. The second kappa shape index (κ2) is 7.60. The third-order valence-corrected chi connectivity index (χ3v) is 3.45. The number of halogens is 2. The number of nitrogens with zero attached hydrogens (tertiary/aromatic N) is 1. The molecule has 1 aromatic rings. The Balaban J connectivity index is 2.64. The molecule has 0 unspecified atom stereocenters. The van der Waals surface area contributed by atoms with Crippen molar-refractivity contribution in [1.29, 1.82) is 0 Å². The van der Waals surface area contributed by atoms with Gasteiger partial charge in [-0.15, -0.1) is 0 Å².